The van der Waals surface area contributed by atoms with Crippen molar-refractivity contribution in [3.05, 3.63) is 35.9 Å². The van der Waals surface area contributed by atoms with Crippen LogP contribution in [0.3, 0.4) is 0 Å². The molecule has 1 aromatic rings. The van der Waals surface area contributed by atoms with E-state index in [0.717, 1.165) is 6.34 Å². The van der Waals surface area contributed by atoms with E-state index in [9.17, 15) is 18.0 Å². The lowest BCUT2D eigenvalue weighted by Gasteiger charge is -2.23. The molecule has 0 spiro atoms. The molecule has 2 rings (SSSR count). The van der Waals surface area contributed by atoms with Gasteiger partial charge in [-0.15, -0.1) is 13.2 Å². The quantitative estimate of drug-likeness (QED) is 0.797. The summed E-state index contributed by atoms with van der Waals surface area (Å²) in [6.45, 7) is 1.31. The summed E-state index contributed by atoms with van der Waals surface area (Å²) < 4.78 is 36.1. The molecule has 1 aromatic carbocycles. The Morgan fingerprint density at radius 2 is 2.00 bits per heavy atom. The Bertz CT molecular complexity index is 504. The van der Waals surface area contributed by atoms with Crippen molar-refractivity contribution in [1.82, 2.24) is 10.1 Å². The normalized spacial score (nSPS) is 16.6. The van der Waals surface area contributed by atoms with Crippen LogP contribution in [0.4, 0.5) is 13.2 Å². The Morgan fingerprint density at radius 3 is 2.60 bits per heavy atom. The summed E-state index contributed by atoms with van der Waals surface area (Å²) in [7, 11) is 0. The number of benzene rings is 1. The van der Waals surface area contributed by atoms with Gasteiger partial charge in [0.15, 0.2) is 5.78 Å². The van der Waals surface area contributed by atoms with Gasteiger partial charge in [-0.05, 0) is 6.92 Å². The number of ketones is 1. The van der Waals surface area contributed by atoms with Crippen molar-refractivity contribution in [3.63, 3.8) is 0 Å². The number of rotatable bonds is 4. The molecule has 5 nitrogen and oxygen atoms in total. The third-order valence-electron chi connectivity index (χ3n) is 2.72. The van der Waals surface area contributed by atoms with Gasteiger partial charge in [-0.25, -0.2) is 5.06 Å². The summed E-state index contributed by atoms with van der Waals surface area (Å²) >= 11 is 0. The Morgan fingerprint density at radius 1 is 1.35 bits per heavy atom. The average Bonchev–Trinajstić information content (AvgIpc) is 2.84. The molecule has 1 unspecified atom stereocenters. The van der Waals surface area contributed by atoms with Gasteiger partial charge in [-0.2, -0.15) is 9.94 Å². The molecular formula is C12H12F3N3O2. The maximum atomic E-state index is 12.1. The molecular weight excluding hydrogens is 275 g/mol. The molecule has 0 bridgehead atoms. The van der Waals surface area contributed by atoms with E-state index in [1.54, 1.807) is 37.3 Å². The van der Waals surface area contributed by atoms with Crippen molar-refractivity contribution >= 4 is 12.1 Å². The predicted octanol–water partition coefficient (Wildman–Crippen LogP) is 2.23. The molecule has 1 atom stereocenters. The standard InChI is InChI=1S/C12H12F3N3O2/c1-9(11(19)10-5-3-2-4-6-10)18-8-17(7-16-18)20-12(13,14)15/h2-7,9H,8H2,1H3. The summed E-state index contributed by atoms with van der Waals surface area (Å²) in [5.41, 5.74) is 0.477. The van der Waals surface area contributed by atoms with Crippen LogP contribution < -0.4 is 0 Å². The van der Waals surface area contributed by atoms with Crippen LogP contribution in [-0.2, 0) is 4.84 Å². The molecule has 1 aliphatic heterocycles. The van der Waals surface area contributed by atoms with Crippen molar-refractivity contribution in [3.8, 4) is 0 Å². The number of hydrazone groups is 1. The highest BCUT2D eigenvalue weighted by molar-refractivity contribution is 5.99. The van der Waals surface area contributed by atoms with E-state index >= 15 is 0 Å². The molecule has 0 saturated carbocycles. The van der Waals surface area contributed by atoms with Gasteiger partial charge in [0.05, 0.1) is 0 Å². The van der Waals surface area contributed by atoms with Gasteiger partial charge in [-0.1, -0.05) is 30.3 Å². The van der Waals surface area contributed by atoms with E-state index in [1.807, 2.05) is 0 Å². The highest BCUT2D eigenvalue weighted by atomic mass is 19.4. The number of alkyl halides is 3. The second-order valence-electron chi connectivity index (χ2n) is 4.17. The van der Waals surface area contributed by atoms with Gasteiger partial charge < -0.3 is 0 Å². The maximum Gasteiger partial charge on any atom is 0.544 e. The van der Waals surface area contributed by atoms with Crippen LogP contribution in [-0.4, -0.2) is 41.3 Å². The van der Waals surface area contributed by atoms with Crippen LogP contribution in [0.1, 0.15) is 17.3 Å². The van der Waals surface area contributed by atoms with Crippen molar-refractivity contribution in [2.75, 3.05) is 6.67 Å². The molecule has 1 aliphatic rings. The van der Waals surface area contributed by atoms with Crippen molar-refractivity contribution in [2.24, 2.45) is 5.10 Å². The smallest absolute Gasteiger partial charge is 0.292 e. The largest absolute Gasteiger partial charge is 0.544 e. The van der Waals surface area contributed by atoms with E-state index in [1.165, 1.54) is 5.01 Å². The lowest BCUT2D eigenvalue weighted by molar-refractivity contribution is -0.395. The van der Waals surface area contributed by atoms with Crippen LogP contribution in [0.25, 0.3) is 0 Å². The topological polar surface area (TPSA) is 45.1 Å². The van der Waals surface area contributed by atoms with Gasteiger partial charge in [0, 0.05) is 5.56 Å². The van der Waals surface area contributed by atoms with Crippen molar-refractivity contribution in [1.29, 1.82) is 0 Å². The SMILES string of the molecule is CC(C(=O)c1ccccc1)N1CN(OC(F)(F)F)C=N1. The minimum absolute atomic E-state index is 0.225. The van der Waals surface area contributed by atoms with E-state index < -0.39 is 12.4 Å². The molecule has 0 aromatic heterocycles. The van der Waals surface area contributed by atoms with Crippen molar-refractivity contribution < 1.29 is 22.8 Å². The lowest BCUT2D eigenvalue weighted by atomic mass is 10.1. The number of carbonyl (C=O) groups excluding carboxylic acids is 1. The number of Topliss-reactive ketones (excluding diaryl/α,β-unsaturated/α-hetero) is 1. The highest BCUT2D eigenvalue weighted by Gasteiger charge is 2.36. The van der Waals surface area contributed by atoms with Crippen LogP contribution in [0, 0.1) is 0 Å². The Balaban J connectivity index is 1.97. The minimum Gasteiger partial charge on any atom is -0.292 e. The first-order chi connectivity index (χ1) is 9.37. The van der Waals surface area contributed by atoms with Crippen LogP contribution in [0.2, 0.25) is 0 Å². The Labute approximate surface area is 113 Å². The van der Waals surface area contributed by atoms with Gasteiger partial charge in [-0.3, -0.25) is 9.80 Å². The summed E-state index contributed by atoms with van der Waals surface area (Å²) in [5.74, 6) is -0.225. The molecule has 0 saturated heterocycles. The molecule has 20 heavy (non-hydrogen) atoms. The average molecular weight is 287 g/mol. The van der Waals surface area contributed by atoms with Crippen LogP contribution >= 0.6 is 0 Å². The fourth-order valence-electron chi connectivity index (χ4n) is 1.73. The van der Waals surface area contributed by atoms with Crippen LogP contribution in [0.15, 0.2) is 35.4 Å². The first kappa shape index (κ1) is 14.3. The van der Waals surface area contributed by atoms with E-state index in [4.69, 9.17) is 0 Å². The van der Waals surface area contributed by atoms with Crippen LogP contribution in [0.5, 0.6) is 0 Å². The van der Waals surface area contributed by atoms with Gasteiger partial charge in [0.25, 0.3) is 0 Å². The minimum atomic E-state index is -4.78. The third kappa shape index (κ3) is 3.47. The molecule has 0 radical (unpaired) electrons. The first-order valence-electron chi connectivity index (χ1n) is 5.79. The predicted molar refractivity (Wildman–Crippen MR) is 64.4 cm³/mol. The zero-order valence-corrected chi connectivity index (χ0v) is 10.5. The summed E-state index contributed by atoms with van der Waals surface area (Å²) in [4.78, 5) is 15.8. The Kier molecular flexibility index (Phi) is 3.93. The maximum absolute atomic E-state index is 12.1. The van der Waals surface area contributed by atoms with E-state index in [-0.39, 0.29) is 12.5 Å². The second-order valence-corrected chi connectivity index (χ2v) is 4.17. The van der Waals surface area contributed by atoms with Crippen molar-refractivity contribution in [2.45, 2.75) is 19.3 Å². The molecule has 8 heteroatoms. The number of nitrogens with zero attached hydrogens (tertiary/aromatic N) is 3. The molecule has 0 aliphatic carbocycles. The van der Waals surface area contributed by atoms with Gasteiger partial charge in [0.2, 0.25) is 0 Å². The third-order valence-corrected chi connectivity index (χ3v) is 2.72. The fraction of sp³-hybridized carbons (Fsp3) is 0.333. The Hall–Kier alpha value is -2.09. The van der Waals surface area contributed by atoms with E-state index in [2.05, 4.69) is 9.94 Å². The summed E-state index contributed by atoms with van der Waals surface area (Å²) in [6.07, 6.45) is -3.89. The van der Waals surface area contributed by atoms with Gasteiger partial charge >= 0.3 is 6.36 Å². The highest BCUT2D eigenvalue weighted by Crippen LogP contribution is 2.20. The molecule has 0 N–H and O–H groups in total. The molecule has 108 valence electrons. The molecule has 1 heterocycles. The second kappa shape index (κ2) is 5.49. The number of hydrogen-bond acceptors (Lipinski definition) is 5. The number of halogens is 3. The zero-order valence-electron chi connectivity index (χ0n) is 10.5. The summed E-state index contributed by atoms with van der Waals surface area (Å²) in [6, 6.07) is 7.80. The summed E-state index contributed by atoms with van der Waals surface area (Å²) in [5, 5.41) is 5.48. The fourth-order valence-corrected chi connectivity index (χ4v) is 1.73. The van der Waals surface area contributed by atoms with E-state index in [0.29, 0.717) is 10.6 Å². The number of carbonyl (C=O) groups is 1. The molecule has 0 fully saturated rings. The monoisotopic (exact) mass is 287 g/mol. The lowest BCUT2D eigenvalue weighted by Crippen LogP contribution is -2.39. The molecule has 0 amide bonds. The first-order valence-corrected chi connectivity index (χ1v) is 5.79. The number of hydrogen-bond donors (Lipinski definition) is 0. The van der Waals surface area contributed by atoms with Gasteiger partial charge in [0.1, 0.15) is 19.0 Å². The number of hydroxylamine groups is 2. The zero-order chi connectivity index (χ0) is 14.8.